The Labute approximate surface area is 128 Å². The third-order valence-electron chi connectivity index (χ3n) is 4.14. The van der Waals surface area contributed by atoms with E-state index in [2.05, 4.69) is 25.2 Å². The number of carbonyl (C=O) groups is 2. The standard InChI is InChI=1S/C14H20N6O2/c1-3-11-16-17-12-6-4-9(8-20(11)12)15-14(22)10-5-7-13(21)19(2)18-10/h9H,3-8H2,1-2H3,(H,15,22)/t9-/m1/s1. The van der Waals surface area contributed by atoms with Crippen molar-refractivity contribution in [3.05, 3.63) is 11.6 Å². The van der Waals surface area contributed by atoms with E-state index in [1.165, 1.54) is 5.01 Å². The van der Waals surface area contributed by atoms with Crippen molar-refractivity contribution < 1.29 is 9.59 Å². The fourth-order valence-electron chi connectivity index (χ4n) is 2.86. The lowest BCUT2D eigenvalue weighted by molar-refractivity contribution is -0.130. The van der Waals surface area contributed by atoms with Gasteiger partial charge in [0.05, 0.1) is 0 Å². The minimum atomic E-state index is -0.182. The van der Waals surface area contributed by atoms with E-state index in [1.807, 2.05) is 6.92 Å². The minimum absolute atomic E-state index is 0.0481. The molecule has 3 heterocycles. The lowest BCUT2D eigenvalue weighted by Crippen LogP contribution is -2.45. The first-order chi connectivity index (χ1) is 10.6. The summed E-state index contributed by atoms with van der Waals surface area (Å²) in [4.78, 5) is 23.7. The lowest BCUT2D eigenvalue weighted by atomic mass is 10.1. The van der Waals surface area contributed by atoms with Gasteiger partial charge in [-0.15, -0.1) is 10.2 Å². The first kappa shape index (κ1) is 14.7. The molecule has 0 saturated heterocycles. The monoisotopic (exact) mass is 304 g/mol. The Hall–Kier alpha value is -2.25. The molecule has 2 aliphatic heterocycles. The Kier molecular flexibility index (Phi) is 3.91. The van der Waals surface area contributed by atoms with Crippen LogP contribution >= 0.6 is 0 Å². The molecule has 8 heteroatoms. The van der Waals surface area contributed by atoms with Crippen LogP contribution in [0.15, 0.2) is 5.10 Å². The Morgan fingerprint density at radius 1 is 1.32 bits per heavy atom. The molecule has 0 unspecified atom stereocenters. The quantitative estimate of drug-likeness (QED) is 0.842. The number of rotatable bonds is 3. The van der Waals surface area contributed by atoms with Crippen LogP contribution in [0.1, 0.15) is 37.8 Å². The van der Waals surface area contributed by atoms with Gasteiger partial charge in [-0.1, -0.05) is 6.92 Å². The number of carbonyl (C=O) groups excluding carboxylic acids is 2. The summed E-state index contributed by atoms with van der Waals surface area (Å²) in [6.07, 6.45) is 3.22. The van der Waals surface area contributed by atoms with Gasteiger partial charge in [0.15, 0.2) is 0 Å². The summed E-state index contributed by atoms with van der Waals surface area (Å²) in [5, 5.41) is 16.7. The molecule has 0 bridgehead atoms. The molecule has 2 aliphatic rings. The number of hydrogen-bond acceptors (Lipinski definition) is 5. The van der Waals surface area contributed by atoms with Crippen molar-refractivity contribution in [1.82, 2.24) is 25.1 Å². The smallest absolute Gasteiger partial charge is 0.267 e. The van der Waals surface area contributed by atoms with E-state index in [0.29, 0.717) is 25.1 Å². The van der Waals surface area contributed by atoms with Gasteiger partial charge in [0.2, 0.25) is 5.91 Å². The summed E-state index contributed by atoms with van der Waals surface area (Å²) in [6, 6.07) is 0.0481. The fourth-order valence-corrected chi connectivity index (χ4v) is 2.86. The first-order valence-electron chi connectivity index (χ1n) is 7.64. The Morgan fingerprint density at radius 2 is 2.14 bits per heavy atom. The predicted molar refractivity (Wildman–Crippen MR) is 79.1 cm³/mol. The van der Waals surface area contributed by atoms with Crippen molar-refractivity contribution in [1.29, 1.82) is 0 Å². The van der Waals surface area contributed by atoms with Crippen LogP contribution in [0.4, 0.5) is 0 Å². The van der Waals surface area contributed by atoms with Crippen LogP contribution in [-0.4, -0.2) is 50.4 Å². The fraction of sp³-hybridized carbons (Fsp3) is 0.643. The van der Waals surface area contributed by atoms with E-state index >= 15 is 0 Å². The largest absolute Gasteiger partial charge is 0.346 e. The second-order valence-corrected chi connectivity index (χ2v) is 5.67. The minimum Gasteiger partial charge on any atom is -0.346 e. The van der Waals surface area contributed by atoms with Gasteiger partial charge in [0.1, 0.15) is 17.4 Å². The molecular formula is C14H20N6O2. The van der Waals surface area contributed by atoms with Crippen LogP contribution in [0.2, 0.25) is 0 Å². The third-order valence-corrected chi connectivity index (χ3v) is 4.14. The highest BCUT2D eigenvalue weighted by Crippen LogP contribution is 2.16. The molecule has 22 heavy (non-hydrogen) atoms. The van der Waals surface area contributed by atoms with E-state index in [9.17, 15) is 9.59 Å². The van der Waals surface area contributed by atoms with Gasteiger partial charge in [-0.3, -0.25) is 9.59 Å². The highest BCUT2D eigenvalue weighted by Gasteiger charge is 2.27. The summed E-state index contributed by atoms with van der Waals surface area (Å²) < 4.78 is 2.09. The average Bonchev–Trinajstić information content (AvgIpc) is 2.92. The van der Waals surface area contributed by atoms with Crippen LogP contribution in [0.25, 0.3) is 0 Å². The second-order valence-electron chi connectivity index (χ2n) is 5.67. The maximum atomic E-state index is 12.3. The van der Waals surface area contributed by atoms with Gasteiger partial charge in [0.25, 0.3) is 5.91 Å². The molecule has 0 radical (unpaired) electrons. The zero-order chi connectivity index (χ0) is 15.7. The summed E-state index contributed by atoms with van der Waals surface area (Å²) >= 11 is 0. The van der Waals surface area contributed by atoms with E-state index in [-0.39, 0.29) is 17.9 Å². The molecule has 118 valence electrons. The molecule has 1 aromatic heterocycles. The number of nitrogens with zero attached hydrogens (tertiary/aromatic N) is 5. The van der Waals surface area contributed by atoms with Crippen molar-refractivity contribution >= 4 is 17.5 Å². The average molecular weight is 304 g/mol. The topological polar surface area (TPSA) is 92.5 Å². The number of aryl methyl sites for hydroxylation is 2. The van der Waals surface area contributed by atoms with Crippen LogP contribution < -0.4 is 5.32 Å². The van der Waals surface area contributed by atoms with Gasteiger partial charge in [-0.2, -0.15) is 5.10 Å². The third kappa shape index (κ3) is 2.72. The Morgan fingerprint density at radius 3 is 2.86 bits per heavy atom. The molecule has 2 amide bonds. The van der Waals surface area contributed by atoms with E-state index in [0.717, 1.165) is 30.9 Å². The molecule has 0 aliphatic carbocycles. The summed E-state index contributed by atoms with van der Waals surface area (Å²) in [7, 11) is 1.58. The Bertz CT molecular complexity index is 622. The number of nitrogens with one attached hydrogen (secondary N) is 1. The van der Waals surface area contributed by atoms with Crippen molar-refractivity contribution in [2.75, 3.05) is 7.05 Å². The van der Waals surface area contributed by atoms with E-state index < -0.39 is 0 Å². The molecule has 0 fully saturated rings. The number of amides is 2. The first-order valence-corrected chi connectivity index (χ1v) is 7.64. The zero-order valence-corrected chi connectivity index (χ0v) is 12.9. The van der Waals surface area contributed by atoms with Gasteiger partial charge >= 0.3 is 0 Å². The molecule has 1 atom stereocenters. The van der Waals surface area contributed by atoms with E-state index in [1.54, 1.807) is 7.05 Å². The highest BCUT2D eigenvalue weighted by atomic mass is 16.2. The molecule has 0 aromatic carbocycles. The van der Waals surface area contributed by atoms with Gasteiger partial charge in [0, 0.05) is 45.3 Å². The summed E-state index contributed by atoms with van der Waals surface area (Å²) in [5.41, 5.74) is 0.423. The van der Waals surface area contributed by atoms with Crippen LogP contribution in [0.3, 0.4) is 0 Å². The number of fused-ring (bicyclic) bond motifs is 1. The molecule has 1 aromatic rings. The normalized spacial score (nSPS) is 21.4. The van der Waals surface area contributed by atoms with Crippen molar-refractivity contribution in [3.63, 3.8) is 0 Å². The molecular weight excluding hydrogens is 284 g/mol. The maximum absolute atomic E-state index is 12.3. The van der Waals surface area contributed by atoms with Crippen molar-refractivity contribution in [2.24, 2.45) is 5.10 Å². The Balaban J connectivity index is 1.66. The number of hydrazone groups is 1. The molecule has 8 nitrogen and oxygen atoms in total. The van der Waals surface area contributed by atoms with Gasteiger partial charge in [-0.25, -0.2) is 5.01 Å². The van der Waals surface area contributed by atoms with Gasteiger partial charge < -0.3 is 9.88 Å². The van der Waals surface area contributed by atoms with E-state index in [4.69, 9.17) is 0 Å². The molecule has 1 N–H and O–H groups in total. The number of hydrogen-bond donors (Lipinski definition) is 1. The highest BCUT2D eigenvalue weighted by molar-refractivity contribution is 6.39. The van der Waals surface area contributed by atoms with Gasteiger partial charge in [-0.05, 0) is 6.42 Å². The summed E-state index contributed by atoms with van der Waals surface area (Å²) in [6.45, 7) is 2.74. The molecule has 0 spiro atoms. The maximum Gasteiger partial charge on any atom is 0.267 e. The second kappa shape index (κ2) is 5.86. The zero-order valence-electron chi connectivity index (χ0n) is 12.9. The van der Waals surface area contributed by atoms with Crippen LogP contribution in [-0.2, 0) is 29.0 Å². The number of aromatic nitrogens is 3. The van der Waals surface area contributed by atoms with Crippen molar-refractivity contribution in [3.8, 4) is 0 Å². The lowest BCUT2D eigenvalue weighted by Gasteiger charge is -2.26. The molecule has 0 saturated carbocycles. The molecule has 3 rings (SSSR count). The predicted octanol–water partition coefficient (Wildman–Crippen LogP) is -0.120. The summed E-state index contributed by atoms with van der Waals surface area (Å²) in [5.74, 6) is 1.70. The van der Waals surface area contributed by atoms with Crippen LogP contribution in [0.5, 0.6) is 0 Å². The van der Waals surface area contributed by atoms with Crippen molar-refractivity contribution in [2.45, 2.75) is 51.6 Å². The van der Waals surface area contributed by atoms with Crippen LogP contribution in [0, 0.1) is 0 Å². The SMILES string of the molecule is CCc1nnc2n1C[C@H](NC(=O)C1=NN(C)C(=O)CC1)CC2.